The van der Waals surface area contributed by atoms with Crippen LogP contribution in [0.25, 0.3) is 16.7 Å². The minimum absolute atomic E-state index is 0.361. The van der Waals surface area contributed by atoms with E-state index >= 15 is 0 Å². The van der Waals surface area contributed by atoms with E-state index < -0.39 is 0 Å². The van der Waals surface area contributed by atoms with Crippen molar-refractivity contribution in [3.8, 4) is 5.69 Å². The molecule has 0 radical (unpaired) electrons. The summed E-state index contributed by atoms with van der Waals surface area (Å²) in [6.45, 7) is 0. The second-order valence-electron chi connectivity index (χ2n) is 4.10. The van der Waals surface area contributed by atoms with E-state index in [0.717, 1.165) is 26.8 Å². The van der Waals surface area contributed by atoms with Gasteiger partial charge >= 0.3 is 0 Å². The maximum atomic E-state index is 5.83. The first-order valence-electron chi connectivity index (χ1n) is 5.69. The molecular weight excluding hydrogens is 322 g/mol. The monoisotopic (exact) mass is 331 g/mol. The van der Waals surface area contributed by atoms with Crippen LogP contribution in [0.4, 0.5) is 0 Å². The summed E-state index contributed by atoms with van der Waals surface area (Å²) < 4.78 is 2.88. The Labute approximate surface area is 124 Å². The van der Waals surface area contributed by atoms with Crippen LogP contribution in [0.15, 0.2) is 53.3 Å². The Balaban J connectivity index is 2.33. The Morgan fingerprint density at radius 1 is 1.16 bits per heavy atom. The van der Waals surface area contributed by atoms with Gasteiger partial charge in [-0.15, -0.1) is 0 Å². The minimum Gasteiger partial charge on any atom is -0.389 e. The van der Waals surface area contributed by atoms with Gasteiger partial charge in [0.05, 0.1) is 16.7 Å². The lowest BCUT2D eigenvalue weighted by Crippen LogP contribution is -2.14. The number of imidazole rings is 1. The van der Waals surface area contributed by atoms with Gasteiger partial charge in [0.25, 0.3) is 0 Å². The predicted octanol–water partition coefficient (Wildman–Crippen LogP) is 3.42. The van der Waals surface area contributed by atoms with E-state index in [0.29, 0.717) is 4.99 Å². The molecule has 5 heteroatoms. The van der Waals surface area contributed by atoms with Gasteiger partial charge in [0, 0.05) is 10.0 Å². The van der Waals surface area contributed by atoms with Crippen LogP contribution in [0.3, 0.4) is 0 Å². The van der Waals surface area contributed by atoms with Crippen LogP contribution in [-0.2, 0) is 0 Å². The summed E-state index contributed by atoms with van der Waals surface area (Å²) in [6.07, 6.45) is 1.79. The van der Waals surface area contributed by atoms with Gasteiger partial charge in [-0.1, -0.05) is 30.4 Å². The number of fused-ring (bicyclic) bond motifs is 1. The number of hydrogen-bond acceptors (Lipinski definition) is 2. The Morgan fingerprint density at radius 3 is 2.74 bits per heavy atom. The van der Waals surface area contributed by atoms with Crippen LogP contribution in [0, 0.1) is 0 Å². The second-order valence-corrected chi connectivity index (χ2v) is 5.40. The first-order valence-corrected chi connectivity index (χ1v) is 6.89. The standard InChI is InChI=1S/C14H10BrN3S/c15-9-4-3-7-12(13(9)14(16)19)18-8-17-10-5-1-2-6-11(10)18/h1-8H,(H2,16,19). The van der Waals surface area contributed by atoms with Gasteiger partial charge < -0.3 is 5.73 Å². The van der Waals surface area contributed by atoms with Crippen molar-refractivity contribution in [3.63, 3.8) is 0 Å². The van der Waals surface area contributed by atoms with Gasteiger partial charge in [0.1, 0.15) is 11.3 Å². The first kappa shape index (κ1) is 12.3. The van der Waals surface area contributed by atoms with E-state index in [4.69, 9.17) is 18.0 Å². The van der Waals surface area contributed by atoms with Crippen LogP contribution >= 0.6 is 28.1 Å². The number of para-hydroxylation sites is 2. The highest BCUT2D eigenvalue weighted by atomic mass is 79.9. The van der Waals surface area contributed by atoms with Crippen molar-refractivity contribution in [2.75, 3.05) is 0 Å². The number of thiocarbonyl (C=S) groups is 1. The number of nitrogens with zero attached hydrogens (tertiary/aromatic N) is 2. The molecule has 3 aromatic rings. The Bertz CT molecular complexity index is 779. The van der Waals surface area contributed by atoms with Crippen molar-refractivity contribution in [2.45, 2.75) is 0 Å². The summed E-state index contributed by atoms with van der Waals surface area (Å²) in [5.74, 6) is 0. The fourth-order valence-corrected chi connectivity index (χ4v) is 3.02. The van der Waals surface area contributed by atoms with Gasteiger partial charge in [-0.3, -0.25) is 4.57 Å². The topological polar surface area (TPSA) is 43.8 Å². The Kier molecular flexibility index (Phi) is 3.08. The van der Waals surface area contributed by atoms with E-state index in [1.165, 1.54) is 0 Å². The second kappa shape index (κ2) is 4.75. The van der Waals surface area contributed by atoms with E-state index in [2.05, 4.69) is 20.9 Å². The van der Waals surface area contributed by atoms with Gasteiger partial charge in [-0.05, 0) is 40.2 Å². The molecule has 0 aliphatic rings. The Morgan fingerprint density at radius 2 is 1.95 bits per heavy atom. The number of rotatable bonds is 2. The highest BCUT2D eigenvalue weighted by Crippen LogP contribution is 2.26. The van der Waals surface area contributed by atoms with Gasteiger partial charge in [-0.25, -0.2) is 4.98 Å². The van der Waals surface area contributed by atoms with Crippen molar-refractivity contribution >= 4 is 44.2 Å². The van der Waals surface area contributed by atoms with E-state index in [9.17, 15) is 0 Å². The fraction of sp³-hybridized carbons (Fsp3) is 0. The summed E-state index contributed by atoms with van der Waals surface area (Å²) in [4.78, 5) is 4.75. The summed E-state index contributed by atoms with van der Waals surface area (Å²) in [5, 5.41) is 0. The van der Waals surface area contributed by atoms with Crippen LogP contribution in [0.1, 0.15) is 5.56 Å². The zero-order valence-electron chi connectivity index (χ0n) is 9.88. The van der Waals surface area contributed by atoms with Crippen LogP contribution in [-0.4, -0.2) is 14.5 Å². The number of hydrogen-bond donors (Lipinski definition) is 1. The largest absolute Gasteiger partial charge is 0.389 e. The highest BCUT2D eigenvalue weighted by molar-refractivity contribution is 9.10. The number of aromatic nitrogens is 2. The van der Waals surface area contributed by atoms with Crippen molar-refractivity contribution < 1.29 is 0 Å². The van der Waals surface area contributed by atoms with Crippen LogP contribution < -0.4 is 5.73 Å². The Hall–Kier alpha value is -1.72. The zero-order valence-corrected chi connectivity index (χ0v) is 12.3. The first-order chi connectivity index (χ1) is 9.18. The molecule has 0 saturated heterocycles. The minimum atomic E-state index is 0.361. The molecule has 0 amide bonds. The van der Waals surface area contributed by atoms with Gasteiger partial charge in [0.2, 0.25) is 0 Å². The molecule has 0 aliphatic carbocycles. The molecule has 3 nitrogen and oxygen atoms in total. The molecule has 0 saturated carbocycles. The van der Waals surface area contributed by atoms with Gasteiger partial charge in [-0.2, -0.15) is 0 Å². The predicted molar refractivity (Wildman–Crippen MR) is 84.7 cm³/mol. The number of nitrogens with two attached hydrogens (primary N) is 1. The summed E-state index contributed by atoms with van der Waals surface area (Å²) in [6, 6.07) is 13.8. The van der Waals surface area contributed by atoms with Crippen molar-refractivity contribution in [1.82, 2.24) is 9.55 Å². The smallest absolute Gasteiger partial charge is 0.107 e. The molecule has 2 N–H and O–H groups in total. The SMILES string of the molecule is NC(=S)c1c(Br)cccc1-n1cnc2ccccc21. The van der Waals surface area contributed by atoms with Crippen molar-refractivity contribution in [1.29, 1.82) is 0 Å². The van der Waals surface area contributed by atoms with Gasteiger partial charge in [0.15, 0.2) is 0 Å². The van der Waals surface area contributed by atoms with Crippen LogP contribution in [0.5, 0.6) is 0 Å². The third-order valence-corrected chi connectivity index (χ3v) is 3.82. The summed E-state index contributed by atoms with van der Waals surface area (Å²) in [7, 11) is 0. The lowest BCUT2D eigenvalue weighted by atomic mass is 10.1. The molecule has 1 aromatic heterocycles. The maximum absolute atomic E-state index is 5.83. The van der Waals surface area contributed by atoms with Crippen LogP contribution in [0.2, 0.25) is 0 Å². The third-order valence-electron chi connectivity index (χ3n) is 2.95. The average molecular weight is 332 g/mol. The van der Waals surface area contributed by atoms with E-state index in [1.807, 2.05) is 47.0 Å². The number of benzene rings is 2. The molecule has 0 unspecified atom stereocenters. The molecule has 3 rings (SSSR count). The zero-order chi connectivity index (χ0) is 13.4. The summed E-state index contributed by atoms with van der Waals surface area (Å²) in [5.41, 5.74) is 9.55. The quantitative estimate of drug-likeness (QED) is 0.732. The highest BCUT2D eigenvalue weighted by Gasteiger charge is 2.13. The molecule has 2 aromatic carbocycles. The number of halogens is 1. The molecule has 0 atom stereocenters. The fourth-order valence-electron chi connectivity index (χ4n) is 2.11. The third kappa shape index (κ3) is 2.05. The summed E-state index contributed by atoms with van der Waals surface area (Å²) >= 11 is 8.64. The van der Waals surface area contributed by atoms with Crippen molar-refractivity contribution in [2.24, 2.45) is 5.73 Å². The molecule has 19 heavy (non-hydrogen) atoms. The molecule has 0 aliphatic heterocycles. The van der Waals surface area contributed by atoms with E-state index in [1.54, 1.807) is 6.33 Å². The average Bonchev–Trinajstić information content (AvgIpc) is 2.81. The molecular formula is C14H10BrN3S. The normalized spacial score (nSPS) is 10.8. The molecule has 0 bridgehead atoms. The maximum Gasteiger partial charge on any atom is 0.107 e. The molecule has 0 spiro atoms. The molecule has 1 heterocycles. The lowest BCUT2D eigenvalue weighted by Gasteiger charge is -2.11. The lowest BCUT2D eigenvalue weighted by molar-refractivity contribution is 1.09. The van der Waals surface area contributed by atoms with E-state index in [-0.39, 0.29) is 0 Å². The molecule has 0 fully saturated rings. The molecule has 94 valence electrons. The van der Waals surface area contributed by atoms with Crippen molar-refractivity contribution in [3.05, 3.63) is 58.8 Å².